The van der Waals surface area contributed by atoms with Crippen LogP contribution in [-0.2, 0) is 16.1 Å². The molecule has 0 spiro atoms. The van der Waals surface area contributed by atoms with Gasteiger partial charge in [0.05, 0.1) is 6.21 Å². The molecular weight excluding hydrogens is 460 g/mol. The number of aryl methyl sites for hydroxylation is 1. The average molecular weight is 485 g/mol. The Morgan fingerprint density at radius 2 is 1.35 bits per heavy atom. The van der Waals surface area contributed by atoms with Crippen molar-refractivity contribution in [3.05, 3.63) is 103 Å². The second-order valence-corrected chi connectivity index (χ2v) is 8.88. The summed E-state index contributed by atoms with van der Waals surface area (Å²) in [6, 6.07) is 32.0. The van der Waals surface area contributed by atoms with Gasteiger partial charge in [0, 0.05) is 39.6 Å². The molecule has 0 aliphatic heterocycles. The van der Waals surface area contributed by atoms with E-state index in [0.29, 0.717) is 5.69 Å². The SMILES string of the molecule is CCn1c2ccccc2c2cc(NC(=O)C(=O)NN=Cc3c4ccccc4cc4ccccc34)ccc21. The van der Waals surface area contributed by atoms with Crippen LogP contribution in [-0.4, -0.2) is 22.6 Å². The summed E-state index contributed by atoms with van der Waals surface area (Å²) in [5.74, 6) is -1.62. The second-order valence-electron chi connectivity index (χ2n) is 8.88. The van der Waals surface area contributed by atoms with Gasteiger partial charge in [0.2, 0.25) is 0 Å². The summed E-state index contributed by atoms with van der Waals surface area (Å²) >= 11 is 0. The summed E-state index contributed by atoms with van der Waals surface area (Å²) in [5, 5.41) is 13.1. The van der Waals surface area contributed by atoms with E-state index < -0.39 is 11.8 Å². The number of fused-ring (bicyclic) bond motifs is 5. The third-order valence-electron chi connectivity index (χ3n) is 6.73. The van der Waals surface area contributed by atoms with Gasteiger partial charge < -0.3 is 9.88 Å². The number of hydrogen-bond donors (Lipinski definition) is 2. The zero-order valence-electron chi connectivity index (χ0n) is 20.2. The Bertz CT molecular complexity index is 1810. The number of carbonyl (C=O) groups excluding carboxylic acids is 2. The van der Waals surface area contributed by atoms with Gasteiger partial charge >= 0.3 is 11.8 Å². The highest BCUT2D eigenvalue weighted by molar-refractivity contribution is 6.39. The molecule has 6 rings (SSSR count). The molecule has 1 heterocycles. The van der Waals surface area contributed by atoms with Crippen LogP contribution in [0.1, 0.15) is 12.5 Å². The van der Waals surface area contributed by atoms with Gasteiger partial charge in [-0.15, -0.1) is 0 Å². The normalized spacial score (nSPS) is 11.6. The number of para-hydroxylation sites is 1. The fourth-order valence-corrected chi connectivity index (χ4v) is 5.05. The van der Waals surface area contributed by atoms with Gasteiger partial charge in [-0.2, -0.15) is 5.10 Å². The smallest absolute Gasteiger partial charge is 0.329 e. The topological polar surface area (TPSA) is 75.5 Å². The summed E-state index contributed by atoms with van der Waals surface area (Å²) in [6.45, 7) is 2.94. The van der Waals surface area contributed by atoms with E-state index in [4.69, 9.17) is 0 Å². The molecule has 0 aliphatic carbocycles. The minimum Gasteiger partial charge on any atom is -0.341 e. The maximum atomic E-state index is 12.6. The van der Waals surface area contributed by atoms with Crippen molar-refractivity contribution in [3.63, 3.8) is 0 Å². The van der Waals surface area contributed by atoms with Gasteiger partial charge in [0.15, 0.2) is 0 Å². The molecule has 0 atom stereocenters. The lowest BCUT2D eigenvalue weighted by Gasteiger charge is -2.08. The van der Waals surface area contributed by atoms with Crippen LogP contribution in [0.3, 0.4) is 0 Å². The van der Waals surface area contributed by atoms with Gasteiger partial charge in [0.1, 0.15) is 0 Å². The van der Waals surface area contributed by atoms with E-state index in [0.717, 1.165) is 55.5 Å². The van der Waals surface area contributed by atoms with Crippen molar-refractivity contribution in [1.29, 1.82) is 0 Å². The summed E-state index contributed by atoms with van der Waals surface area (Å²) in [4.78, 5) is 25.2. The zero-order valence-corrected chi connectivity index (χ0v) is 20.2. The monoisotopic (exact) mass is 484 g/mol. The Balaban J connectivity index is 1.24. The number of benzene rings is 5. The Hall–Kier alpha value is -4.97. The Morgan fingerprint density at radius 1 is 0.730 bits per heavy atom. The third kappa shape index (κ3) is 3.98. The van der Waals surface area contributed by atoms with Gasteiger partial charge in [-0.25, -0.2) is 5.43 Å². The maximum absolute atomic E-state index is 12.6. The minimum absolute atomic E-state index is 0.552. The molecule has 6 aromatic rings. The van der Waals surface area contributed by atoms with E-state index in [-0.39, 0.29) is 0 Å². The third-order valence-corrected chi connectivity index (χ3v) is 6.73. The summed E-state index contributed by atoms with van der Waals surface area (Å²) in [7, 11) is 0. The van der Waals surface area contributed by atoms with Crippen LogP contribution in [0.5, 0.6) is 0 Å². The maximum Gasteiger partial charge on any atom is 0.329 e. The first-order valence-electron chi connectivity index (χ1n) is 12.2. The van der Waals surface area contributed by atoms with Crippen LogP contribution < -0.4 is 10.7 Å². The molecule has 0 aliphatic rings. The first kappa shape index (κ1) is 22.5. The molecule has 0 bridgehead atoms. The Morgan fingerprint density at radius 3 is 2.05 bits per heavy atom. The molecule has 5 aromatic carbocycles. The molecule has 0 saturated heterocycles. The minimum atomic E-state index is -0.836. The first-order valence-corrected chi connectivity index (χ1v) is 12.2. The number of rotatable bonds is 4. The molecule has 6 nitrogen and oxygen atoms in total. The molecule has 6 heteroatoms. The lowest BCUT2D eigenvalue weighted by molar-refractivity contribution is -0.136. The number of amides is 2. The number of carbonyl (C=O) groups is 2. The van der Waals surface area contributed by atoms with Gasteiger partial charge in [-0.1, -0.05) is 66.7 Å². The molecule has 0 radical (unpaired) electrons. The van der Waals surface area contributed by atoms with E-state index in [1.807, 2.05) is 78.9 Å². The van der Waals surface area contributed by atoms with Crippen LogP contribution in [0.25, 0.3) is 43.4 Å². The molecule has 37 heavy (non-hydrogen) atoms. The summed E-state index contributed by atoms with van der Waals surface area (Å²) in [5.41, 5.74) is 6.03. The lowest BCUT2D eigenvalue weighted by Crippen LogP contribution is -2.32. The molecule has 2 amide bonds. The number of anilines is 1. The van der Waals surface area contributed by atoms with Crippen molar-refractivity contribution in [3.8, 4) is 0 Å². The highest BCUT2D eigenvalue weighted by Gasteiger charge is 2.15. The van der Waals surface area contributed by atoms with Crippen molar-refractivity contribution >= 4 is 67.1 Å². The van der Waals surface area contributed by atoms with E-state index >= 15 is 0 Å². The van der Waals surface area contributed by atoms with E-state index in [1.54, 1.807) is 6.21 Å². The second kappa shape index (κ2) is 9.24. The van der Waals surface area contributed by atoms with Gasteiger partial charge in [-0.3, -0.25) is 9.59 Å². The number of nitrogens with zero attached hydrogens (tertiary/aromatic N) is 2. The fraction of sp³-hybridized carbons (Fsp3) is 0.0645. The van der Waals surface area contributed by atoms with E-state index in [9.17, 15) is 9.59 Å². The van der Waals surface area contributed by atoms with Crippen molar-refractivity contribution in [2.45, 2.75) is 13.5 Å². The highest BCUT2D eigenvalue weighted by Crippen LogP contribution is 2.31. The van der Waals surface area contributed by atoms with Crippen LogP contribution in [0.15, 0.2) is 102 Å². The van der Waals surface area contributed by atoms with Crippen LogP contribution in [0, 0.1) is 0 Å². The highest BCUT2D eigenvalue weighted by atomic mass is 16.2. The number of hydrazone groups is 1. The predicted octanol–water partition coefficient (Wildman–Crippen LogP) is 6.21. The van der Waals surface area contributed by atoms with Crippen LogP contribution >= 0.6 is 0 Å². The molecule has 180 valence electrons. The number of aromatic nitrogens is 1. The Labute approximate surface area is 213 Å². The number of hydrogen-bond acceptors (Lipinski definition) is 3. The van der Waals surface area contributed by atoms with Gasteiger partial charge in [-0.05, 0) is 58.8 Å². The number of nitrogens with one attached hydrogen (secondary N) is 2. The Kier molecular flexibility index (Phi) is 5.62. The van der Waals surface area contributed by atoms with Crippen molar-refractivity contribution < 1.29 is 9.59 Å². The van der Waals surface area contributed by atoms with Crippen molar-refractivity contribution in [2.24, 2.45) is 5.10 Å². The first-order chi connectivity index (χ1) is 18.1. The van der Waals surface area contributed by atoms with Crippen molar-refractivity contribution in [1.82, 2.24) is 9.99 Å². The molecule has 0 fully saturated rings. The molecule has 1 aromatic heterocycles. The molecule has 0 unspecified atom stereocenters. The standard InChI is InChI=1S/C31H24N4O2/c1-2-35-28-14-8-7-13-25(28)26-18-22(15-16-29(26)35)33-30(36)31(37)34-32-19-27-23-11-5-3-9-20(23)17-21-10-4-6-12-24(21)27/h3-19H,2H2,1H3,(H,33,36)(H,34,37). The average Bonchev–Trinajstić information content (AvgIpc) is 3.25. The lowest BCUT2D eigenvalue weighted by atomic mass is 9.97. The summed E-state index contributed by atoms with van der Waals surface area (Å²) < 4.78 is 2.23. The van der Waals surface area contributed by atoms with Crippen molar-refractivity contribution in [2.75, 3.05) is 5.32 Å². The molecule has 2 N–H and O–H groups in total. The van der Waals surface area contributed by atoms with Gasteiger partial charge in [0.25, 0.3) is 0 Å². The molecular formula is C31H24N4O2. The fourth-order valence-electron chi connectivity index (χ4n) is 5.05. The van der Waals surface area contributed by atoms with E-state index in [2.05, 4.69) is 45.5 Å². The largest absolute Gasteiger partial charge is 0.341 e. The van der Waals surface area contributed by atoms with Crippen LogP contribution in [0.2, 0.25) is 0 Å². The predicted molar refractivity (Wildman–Crippen MR) is 151 cm³/mol. The summed E-state index contributed by atoms with van der Waals surface area (Å²) in [6.07, 6.45) is 1.60. The van der Waals surface area contributed by atoms with E-state index in [1.165, 1.54) is 0 Å². The zero-order chi connectivity index (χ0) is 25.4. The quantitative estimate of drug-likeness (QED) is 0.135. The van der Waals surface area contributed by atoms with Crippen LogP contribution in [0.4, 0.5) is 5.69 Å². The molecule has 0 saturated carbocycles.